The van der Waals surface area contributed by atoms with Crippen molar-refractivity contribution in [3.63, 3.8) is 0 Å². The summed E-state index contributed by atoms with van der Waals surface area (Å²) in [6.45, 7) is 2.82. The van der Waals surface area contributed by atoms with Crippen molar-refractivity contribution >= 4 is 21.8 Å². The van der Waals surface area contributed by atoms with E-state index < -0.39 is 10.2 Å². The Morgan fingerprint density at radius 2 is 1.90 bits per heavy atom. The maximum atomic E-state index is 12.0. The predicted octanol–water partition coefficient (Wildman–Crippen LogP) is 1.42. The van der Waals surface area contributed by atoms with E-state index >= 15 is 0 Å². The summed E-state index contributed by atoms with van der Waals surface area (Å²) in [4.78, 5) is 8.45. The van der Waals surface area contributed by atoms with E-state index in [2.05, 4.69) is 9.97 Å². The molecule has 8 heteroatoms. The van der Waals surface area contributed by atoms with Crippen LogP contribution in [0, 0.1) is 6.92 Å². The van der Waals surface area contributed by atoms with Gasteiger partial charge in [-0.15, -0.1) is 0 Å². The van der Waals surface area contributed by atoms with Gasteiger partial charge in [0.1, 0.15) is 11.0 Å². The van der Waals surface area contributed by atoms with Crippen molar-refractivity contribution in [2.75, 3.05) is 27.2 Å². The first-order chi connectivity index (χ1) is 9.30. The normalized spacial score (nSPS) is 18.6. The molecule has 0 spiro atoms. The van der Waals surface area contributed by atoms with Crippen molar-refractivity contribution in [3.8, 4) is 0 Å². The third-order valence-corrected chi connectivity index (χ3v) is 5.62. The quantitative estimate of drug-likeness (QED) is 0.791. The first kappa shape index (κ1) is 15.6. The van der Waals surface area contributed by atoms with Crippen molar-refractivity contribution in [2.45, 2.75) is 25.7 Å². The second-order valence-electron chi connectivity index (χ2n) is 5.13. The molecule has 1 fully saturated rings. The van der Waals surface area contributed by atoms with E-state index in [9.17, 15) is 8.42 Å². The summed E-state index contributed by atoms with van der Waals surface area (Å²) in [5.74, 6) is 0.888. The summed E-state index contributed by atoms with van der Waals surface area (Å²) in [5.41, 5.74) is 0.907. The third kappa shape index (κ3) is 3.28. The summed E-state index contributed by atoms with van der Waals surface area (Å²) in [6, 6.07) is 1.77. The zero-order chi connectivity index (χ0) is 14.9. The lowest BCUT2D eigenvalue weighted by molar-refractivity contribution is 0.300. The van der Waals surface area contributed by atoms with Gasteiger partial charge in [0.15, 0.2) is 0 Å². The molecule has 1 aliphatic rings. The molecule has 2 heterocycles. The minimum atomic E-state index is -3.31. The molecule has 0 aliphatic carbocycles. The fourth-order valence-corrected chi connectivity index (χ4v) is 3.74. The number of nitrogens with zero attached hydrogens (tertiary/aromatic N) is 4. The fraction of sp³-hybridized carbons (Fsp3) is 0.667. The molecule has 0 bridgehead atoms. The molecule has 2 rings (SSSR count). The molecular weight excluding hydrogens is 300 g/mol. The van der Waals surface area contributed by atoms with E-state index in [4.69, 9.17) is 11.6 Å². The number of aromatic nitrogens is 2. The molecule has 1 aliphatic heterocycles. The number of halogens is 1. The van der Waals surface area contributed by atoms with Gasteiger partial charge in [-0.05, 0) is 25.8 Å². The average Bonchev–Trinajstić information content (AvgIpc) is 2.37. The highest BCUT2D eigenvalue weighted by Crippen LogP contribution is 2.29. The molecule has 6 nitrogen and oxygen atoms in total. The molecule has 1 aromatic rings. The van der Waals surface area contributed by atoms with E-state index in [0.717, 1.165) is 18.5 Å². The van der Waals surface area contributed by atoms with Gasteiger partial charge in [0, 0.05) is 38.8 Å². The van der Waals surface area contributed by atoms with Crippen molar-refractivity contribution in [2.24, 2.45) is 0 Å². The molecule has 0 aromatic carbocycles. The van der Waals surface area contributed by atoms with Crippen LogP contribution in [0.25, 0.3) is 0 Å². The first-order valence-corrected chi connectivity index (χ1v) is 8.27. The zero-order valence-electron chi connectivity index (χ0n) is 11.9. The Hall–Kier alpha value is -0.760. The van der Waals surface area contributed by atoms with Crippen LogP contribution in [0.15, 0.2) is 6.07 Å². The predicted molar refractivity (Wildman–Crippen MR) is 77.9 cm³/mol. The Morgan fingerprint density at radius 3 is 2.40 bits per heavy atom. The highest BCUT2D eigenvalue weighted by Gasteiger charge is 2.30. The van der Waals surface area contributed by atoms with Crippen molar-refractivity contribution < 1.29 is 8.42 Å². The van der Waals surface area contributed by atoms with Gasteiger partial charge in [-0.25, -0.2) is 9.97 Å². The Kier molecular flexibility index (Phi) is 4.63. The molecule has 0 saturated carbocycles. The van der Waals surface area contributed by atoms with E-state index in [1.54, 1.807) is 27.1 Å². The van der Waals surface area contributed by atoms with Gasteiger partial charge >= 0.3 is 0 Å². The number of rotatable bonds is 3. The van der Waals surface area contributed by atoms with E-state index in [0.29, 0.717) is 24.1 Å². The van der Waals surface area contributed by atoms with Gasteiger partial charge in [0.25, 0.3) is 10.2 Å². The average molecular weight is 319 g/mol. The van der Waals surface area contributed by atoms with Gasteiger partial charge in [-0.2, -0.15) is 17.0 Å². The molecule has 0 atom stereocenters. The maximum absolute atomic E-state index is 12.0. The molecular formula is C12H19ClN4O2S. The number of aryl methyl sites for hydroxylation is 1. The molecule has 0 unspecified atom stereocenters. The molecule has 112 valence electrons. The largest absolute Gasteiger partial charge is 0.281 e. The Bertz CT molecular complexity index is 563. The molecule has 1 saturated heterocycles. The van der Waals surface area contributed by atoms with Crippen LogP contribution in [0.2, 0.25) is 5.15 Å². The van der Waals surface area contributed by atoms with Crippen LogP contribution in [0.4, 0.5) is 0 Å². The molecule has 0 radical (unpaired) electrons. The van der Waals surface area contributed by atoms with E-state index in [1.165, 1.54) is 8.61 Å². The Labute approximate surface area is 125 Å². The topological polar surface area (TPSA) is 66.4 Å². The molecule has 0 N–H and O–H groups in total. The smallest absolute Gasteiger partial charge is 0.238 e. The highest BCUT2D eigenvalue weighted by atomic mass is 35.5. The fourth-order valence-electron chi connectivity index (χ4n) is 2.38. The van der Waals surface area contributed by atoms with Crippen molar-refractivity contribution in [1.29, 1.82) is 0 Å². The summed E-state index contributed by atoms with van der Waals surface area (Å²) < 4.78 is 26.8. The van der Waals surface area contributed by atoms with Gasteiger partial charge in [0.05, 0.1) is 0 Å². The van der Waals surface area contributed by atoms with E-state index in [-0.39, 0.29) is 5.92 Å². The minimum absolute atomic E-state index is 0.239. The second-order valence-corrected chi connectivity index (χ2v) is 7.66. The lowest BCUT2D eigenvalue weighted by Gasteiger charge is -2.32. The standard InChI is InChI=1S/C12H19ClN4O2S/c1-9-14-11(8-12(13)15-9)10-4-6-17(7-5-10)20(18,19)16(2)3/h8,10H,4-7H2,1-3H3. The molecule has 1 aromatic heterocycles. The number of hydrogen-bond donors (Lipinski definition) is 0. The maximum Gasteiger partial charge on any atom is 0.281 e. The zero-order valence-corrected chi connectivity index (χ0v) is 13.4. The summed E-state index contributed by atoms with van der Waals surface area (Å²) >= 11 is 5.95. The SMILES string of the molecule is Cc1nc(Cl)cc(C2CCN(S(=O)(=O)N(C)C)CC2)n1. The minimum Gasteiger partial charge on any atom is -0.238 e. The van der Waals surface area contributed by atoms with Crippen LogP contribution in [-0.2, 0) is 10.2 Å². The monoisotopic (exact) mass is 318 g/mol. The van der Waals surface area contributed by atoms with Crippen LogP contribution >= 0.6 is 11.6 Å². The van der Waals surface area contributed by atoms with Crippen LogP contribution in [0.5, 0.6) is 0 Å². The first-order valence-electron chi connectivity index (χ1n) is 6.49. The lowest BCUT2D eigenvalue weighted by Crippen LogP contribution is -2.44. The van der Waals surface area contributed by atoms with E-state index in [1.807, 2.05) is 0 Å². The van der Waals surface area contributed by atoms with Gasteiger partial charge in [-0.1, -0.05) is 11.6 Å². The lowest BCUT2D eigenvalue weighted by atomic mass is 9.94. The van der Waals surface area contributed by atoms with Crippen molar-refractivity contribution in [3.05, 3.63) is 22.7 Å². The van der Waals surface area contributed by atoms with Crippen LogP contribution < -0.4 is 0 Å². The highest BCUT2D eigenvalue weighted by molar-refractivity contribution is 7.86. The second kappa shape index (κ2) is 5.93. The van der Waals surface area contributed by atoms with Gasteiger partial charge < -0.3 is 0 Å². The summed E-state index contributed by atoms with van der Waals surface area (Å²) in [6.07, 6.45) is 1.50. The number of hydrogen-bond acceptors (Lipinski definition) is 4. The van der Waals surface area contributed by atoms with Crippen LogP contribution in [-0.4, -0.2) is 54.2 Å². The van der Waals surface area contributed by atoms with Crippen LogP contribution in [0.1, 0.15) is 30.3 Å². The molecule has 0 amide bonds. The van der Waals surface area contributed by atoms with Crippen molar-refractivity contribution in [1.82, 2.24) is 18.6 Å². The van der Waals surface area contributed by atoms with Gasteiger partial charge in [0.2, 0.25) is 0 Å². The summed E-state index contributed by atoms with van der Waals surface area (Å²) in [7, 11) is -0.213. The van der Waals surface area contributed by atoms with Crippen LogP contribution in [0.3, 0.4) is 0 Å². The summed E-state index contributed by atoms with van der Waals surface area (Å²) in [5, 5.41) is 0.441. The Morgan fingerprint density at radius 1 is 1.30 bits per heavy atom. The Balaban J connectivity index is 2.08. The number of piperidine rings is 1. The van der Waals surface area contributed by atoms with Gasteiger partial charge in [-0.3, -0.25) is 0 Å². The molecule has 20 heavy (non-hydrogen) atoms. The third-order valence-electron chi connectivity index (χ3n) is 3.49.